The molecule has 3 rings (SSSR count). The van der Waals surface area contributed by atoms with Crippen molar-refractivity contribution in [2.24, 2.45) is 5.73 Å². The number of aliphatic hydroxyl groups is 1. The summed E-state index contributed by atoms with van der Waals surface area (Å²) >= 11 is 0. The number of carbonyl (C=O) groups is 1. The lowest BCUT2D eigenvalue weighted by atomic mass is 10.1. The zero-order valence-corrected chi connectivity index (χ0v) is 12.5. The standard InChI is InChI=1S/C18H17N3O2/c19-18(23)9-14-2-1-3-16(8-14)21-10-17(20-12-21)15-6-4-13(11-22)5-7-15/h1-8,10,12,22H,9,11H2,(H2,19,23). The quantitative estimate of drug-likeness (QED) is 0.757. The Morgan fingerprint density at radius 1 is 1.13 bits per heavy atom. The molecule has 0 aliphatic rings. The van der Waals surface area contributed by atoms with E-state index in [4.69, 9.17) is 10.8 Å². The van der Waals surface area contributed by atoms with E-state index in [-0.39, 0.29) is 18.9 Å². The first-order chi connectivity index (χ1) is 11.2. The van der Waals surface area contributed by atoms with Crippen molar-refractivity contribution >= 4 is 5.91 Å². The first-order valence-electron chi connectivity index (χ1n) is 7.27. The van der Waals surface area contributed by atoms with E-state index >= 15 is 0 Å². The molecule has 5 nitrogen and oxygen atoms in total. The second-order valence-corrected chi connectivity index (χ2v) is 5.33. The summed E-state index contributed by atoms with van der Waals surface area (Å²) in [6.45, 7) is 0.0291. The highest BCUT2D eigenvalue weighted by atomic mass is 16.3. The molecule has 5 heteroatoms. The molecule has 3 aromatic rings. The summed E-state index contributed by atoms with van der Waals surface area (Å²) in [5.41, 5.74) is 9.73. The third-order valence-electron chi connectivity index (χ3n) is 3.60. The van der Waals surface area contributed by atoms with Gasteiger partial charge in [0.1, 0.15) is 0 Å². The van der Waals surface area contributed by atoms with Crippen LogP contribution in [0.15, 0.2) is 61.1 Å². The normalized spacial score (nSPS) is 10.7. The number of aliphatic hydroxyl groups excluding tert-OH is 1. The monoisotopic (exact) mass is 307 g/mol. The second kappa shape index (κ2) is 6.46. The first-order valence-corrected chi connectivity index (χ1v) is 7.27. The molecular weight excluding hydrogens is 290 g/mol. The van der Waals surface area contributed by atoms with Crippen molar-refractivity contribution in [2.45, 2.75) is 13.0 Å². The van der Waals surface area contributed by atoms with Crippen LogP contribution in [0, 0.1) is 0 Å². The van der Waals surface area contributed by atoms with E-state index in [0.717, 1.165) is 28.1 Å². The predicted molar refractivity (Wildman–Crippen MR) is 87.8 cm³/mol. The molecule has 0 aliphatic carbocycles. The highest BCUT2D eigenvalue weighted by molar-refractivity contribution is 5.76. The minimum atomic E-state index is -0.350. The maximum Gasteiger partial charge on any atom is 0.221 e. The largest absolute Gasteiger partial charge is 0.392 e. The molecule has 0 saturated heterocycles. The maximum atomic E-state index is 11.0. The molecule has 1 aromatic heterocycles. The van der Waals surface area contributed by atoms with Gasteiger partial charge in [-0.25, -0.2) is 4.98 Å². The Kier molecular flexibility index (Phi) is 4.21. The fraction of sp³-hybridized carbons (Fsp3) is 0.111. The van der Waals surface area contributed by atoms with Crippen molar-refractivity contribution < 1.29 is 9.90 Å². The molecule has 0 saturated carbocycles. The summed E-state index contributed by atoms with van der Waals surface area (Å²) in [6.07, 6.45) is 3.88. The Labute approximate surface area is 134 Å². The van der Waals surface area contributed by atoms with Crippen molar-refractivity contribution in [3.8, 4) is 16.9 Å². The van der Waals surface area contributed by atoms with E-state index in [1.807, 2.05) is 59.3 Å². The summed E-state index contributed by atoms with van der Waals surface area (Å²) in [5.74, 6) is -0.350. The van der Waals surface area contributed by atoms with Crippen LogP contribution >= 0.6 is 0 Å². The molecule has 23 heavy (non-hydrogen) atoms. The Bertz CT molecular complexity index is 822. The van der Waals surface area contributed by atoms with Crippen molar-refractivity contribution in [3.05, 3.63) is 72.2 Å². The molecule has 1 amide bonds. The molecule has 1 heterocycles. The van der Waals surface area contributed by atoms with E-state index in [0.29, 0.717) is 0 Å². The van der Waals surface area contributed by atoms with Gasteiger partial charge in [0.05, 0.1) is 25.0 Å². The number of amides is 1. The van der Waals surface area contributed by atoms with Crippen LogP contribution < -0.4 is 5.73 Å². The molecule has 2 aromatic carbocycles. The molecule has 3 N–H and O–H groups in total. The number of imidazole rings is 1. The van der Waals surface area contributed by atoms with Gasteiger partial charge < -0.3 is 15.4 Å². The van der Waals surface area contributed by atoms with E-state index in [1.54, 1.807) is 6.33 Å². The van der Waals surface area contributed by atoms with E-state index in [1.165, 1.54) is 0 Å². The Hall–Kier alpha value is -2.92. The fourth-order valence-corrected chi connectivity index (χ4v) is 2.42. The van der Waals surface area contributed by atoms with Gasteiger partial charge in [-0.3, -0.25) is 4.79 Å². The molecule has 0 bridgehead atoms. The van der Waals surface area contributed by atoms with E-state index in [9.17, 15) is 4.79 Å². The van der Waals surface area contributed by atoms with Crippen molar-refractivity contribution in [2.75, 3.05) is 0 Å². The molecule has 0 spiro atoms. The van der Waals surface area contributed by atoms with Gasteiger partial charge in [0.25, 0.3) is 0 Å². The number of benzene rings is 2. The van der Waals surface area contributed by atoms with Gasteiger partial charge in [0.2, 0.25) is 5.91 Å². The van der Waals surface area contributed by atoms with Gasteiger partial charge in [-0.15, -0.1) is 0 Å². The summed E-state index contributed by atoms with van der Waals surface area (Å²) in [5, 5.41) is 9.09. The number of aromatic nitrogens is 2. The summed E-state index contributed by atoms with van der Waals surface area (Å²) in [4.78, 5) is 15.5. The van der Waals surface area contributed by atoms with Gasteiger partial charge in [-0.2, -0.15) is 0 Å². The van der Waals surface area contributed by atoms with Crippen LogP contribution in [0.4, 0.5) is 0 Å². The average molecular weight is 307 g/mol. The van der Waals surface area contributed by atoms with Crippen LogP contribution in [-0.2, 0) is 17.8 Å². The third kappa shape index (κ3) is 3.46. The van der Waals surface area contributed by atoms with Crippen LogP contribution in [0.1, 0.15) is 11.1 Å². The highest BCUT2D eigenvalue weighted by Crippen LogP contribution is 2.20. The molecule has 0 atom stereocenters. The third-order valence-corrected chi connectivity index (χ3v) is 3.60. The molecule has 0 unspecified atom stereocenters. The molecular formula is C18H17N3O2. The number of nitrogens with zero attached hydrogens (tertiary/aromatic N) is 2. The number of rotatable bonds is 5. The maximum absolute atomic E-state index is 11.0. The fourth-order valence-electron chi connectivity index (χ4n) is 2.42. The Balaban J connectivity index is 1.87. The highest BCUT2D eigenvalue weighted by Gasteiger charge is 2.05. The second-order valence-electron chi connectivity index (χ2n) is 5.33. The summed E-state index contributed by atoms with van der Waals surface area (Å²) < 4.78 is 1.90. The van der Waals surface area contributed by atoms with Gasteiger partial charge >= 0.3 is 0 Å². The van der Waals surface area contributed by atoms with Gasteiger partial charge in [-0.1, -0.05) is 36.4 Å². The lowest BCUT2D eigenvalue weighted by Gasteiger charge is -2.04. The van der Waals surface area contributed by atoms with Crippen LogP contribution in [0.5, 0.6) is 0 Å². The summed E-state index contributed by atoms with van der Waals surface area (Å²) in [7, 11) is 0. The van der Waals surface area contributed by atoms with Crippen LogP contribution in [-0.4, -0.2) is 20.6 Å². The first kappa shape index (κ1) is 15.0. The average Bonchev–Trinajstić information content (AvgIpc) is 3.04. The smallest absolute Gasteiger partial charge is 0.221 e. The van der Waals surface area contributed by atoms with E-state index < -0.39 is 0 Å². The number of nitrogens with two attached hydrogens (primary N) is 1. The van der Waals surface area contributed by atoms with Crippen LogP contribution in [0.2, 0.25) is 0 Å². The van der Waals surface area contributed by atoms with Crippen LogP contribution in [0.3, 0.4) is 0 Å². The minimum absolute atomic E-state index is 0.0291. The number of hydrogen-bond donors (Lipinski definition) is 2. The van der Waals surface area contributed by atoms with Gasteiger partial charge in [0.15, 0.2) is 0 Å². The van der Waals surface area contributed by atoms with E-state index in [2.05, 4.69) is 4.98 Å². The topological polar surface area (TPSA) is 81.1 Å². The number of primary amides is 1. The van der Waals surface area contributed by atoms with Crippen molar-refractivity contribution in [1.29, 1.82) is 0 Å². The molecule has 0 aliphatic heterocycles. The molecule has 116 valence electrons. The minimum Gasteiger partial charge on any atom is -0.392 e. The van der Waals surface area contributed by atoms with Crippen LogP contribution in [0.25, 0.3) is 16.9 Å². The van der Waals surface area contributed by atoms with Crippen molar-refractivity contribution in [3.63, 3.8) is 0 Å². The molecule has 0 radical (unpaired) electrons. The SMILES string of the molecule is NC(=O)Cc1cccc(-n2cnc(-c3ccc(CO)cc3)c2)c1. The Morgan fingerprint density at radius 2 is 1.91 bits per heavy atom. The van der Waals surface area contributed by atoms with Gasteiger partial charge in [0, 0.05) is 17.4 Å². The lowest BCUT2D eigenvalue weighted by molar-refractivity contribution is -0.117. The van der Waals surface area contributed by atoms with Gasteiger partial charge in [-0.05, 0) is 23.3 Å². The number of hydrogen-bond acceptors (Lipinski definition) is 3. The summed E-state index contributed by atoms with van der Waals surface area (Å²) in [6, 6.07) is 15.3. The zero-order valence-electron chi connectivity index (χ0n) is 12.5. The zero-order chi connectivity index (χ0) is 16.2. The van der Waals surface area contributed by atoms with Crippen molar-refractivity contribution in [1.82, 2.24) is 9.55 Å². The molecule has 0 fully saturated rings. The lowest BCUT2D eigenvalue weighted by Crippen LogP contribution is -2.13. The predicted octanol–water partition coefficient (Wildman–Crippen LogP) is 2.06. The number of carbonyl (C=O) groups excluding carboxylic acids is 1. The Morgan fingerprint density at radius 3 is 2.61 bits per heavy atom.